The number of aryl methyl sites for hydroxylation is 1. The summed E-state index contributed by atoms with van der Waals surface area (Å²) in [6.07, 6.45) is 5.27. The van der Waals surface area contributed by atoms with Crippen LogP contribution in [0.1, 0.15) is 51.5 Å². The Morgan fingerprint density at radius 2 is 1.46 bits per heavy atom. The molecule has 0 radical (unpaired) electrons. The lowest BCUT2D eigenvalue weighted by molar-refractivity contribution is 0.289. The molecule has 1 nitrogen and oxygen atoms in total. The highest BCUT2D eigenvalue weighted by Crippen LogP contribution is 2.35. The molecule has 0 saturated carbocycles. The van der Waals surface area contributed by atoms with Crippen LogP contribution in [-0.2, 0) is 6.42 Å². The molecule has 0 atom stereocenters. The Bertz CT molecular complexity index is 683. The Labute approximate surface area is 158 Å². The van der Waals surface area contributed by atoms with Gasteiger partial charge in [-0.1, -0.05) is 56.8 Å². The largest absolute Gasteiger partial charge is 0.490 e. The molecule has 0 unspecified atom stereocenters. The molecular weight excluding hydrogens is 361 g/mol. The van der Waals surface area contributed by atoms with Gasteiger partial charge in [-0.15, -0.1) is 0 Å². The molecule has 0 aliphatic rings. The van der Waals surface area contributed by atoms with E-state index in [-0.39, 0.29) is 21.9 Å². The zero-order valence-corrected chi connectivity index (χ0v) is 15.9. The van der Waals surface area contributed by atoms with Crippen LogP contribution in [-0.4, -0.2) is 6.61 Å². The van der Waals surface area contributed by atoms with E-state index in [1.54, 1.807) is 6.07 Å². The van der Waals surface area contributed by atoms with Gasteiger partial charge < -0.3 is 4.74 Å². The fourth-order valence-corrected chi connectivity index (χ4v) is 2.99. The molecule has 0 N–H and O–H groups in total. The van der Waals surface area contributed by atoms with Gasteiger partial charge in [0.05, 0.1) is 11.6 Å². The number of hydrogen-bond acceptors (Lipinski definition) is 1. The van der Waals surface area contributed by atoms with Gasteiger partial charge in [-0.25, -0.2) is 8.78 Å². The van der Waals surface area contributed by atoms with Crippen LogP contribution in [0.5, 0.6) is 5.75 Å². The van der Waals surface area contributed by atoms with Crippen LogP contribution >= 0.6 is 11.6 Å². The molecular formula is C21H24ClF3O. The van der Waals surface area contributed by atoms with Crippen molar-refractivity contribution in [3.63, 3.8) is 0 Å². The van der Waals surface area contributed by atoms with Crippen LogP contribution in [0.2, 0.25) is 5.02 Å². The maximum Gasteiger partial charge on any atom is 0.201 e. The van der Waals surface area contributed by atoms with Crippen molar-refractivity contribution in [3.8, 4) is 16.9 Å². The third-order valence-electron chi connectivity index (χ3n) is 4.30. The zero-order chi connectivity index (χ0) is 19.1. The van der Waals surface area contributed by atoms with Crippen LogP contribution in [0.25, 0.3) is 11.1 Å². The third-order valence-corrected chi connectivity index (χ3v) is 4.71. The van der Waals surface area contributed by atoms with Crippen molar-refractivity contribution in [1.82, 2.24) is 0 Å². The molecule has 0 amide bonds. The summed E-state index contributed by atoms with van der Waals surface area (Å²) in [7, 11) is 0. The normalized spacial score (nSPS) is 11.0. The van der Waals surface area contributed by atoms with Crippen LogP contribution in [0.15, 0.2) is 24.3 Å². The number of hydrogen-bond donors (Lipinski definition) is 0. The first-order valence-electron chi connectivity index (χ1n) is 9.09. The smallest absolute Gasteiger partial charge is 0.201 e. The van der Waals surface area contributed by atoms with E-state index in [2.05, 4.69) is 6.92 Å². The van der Waals surface area contributed by atoms with E-state index in [9.17, 15) is 13.2 Å². The minimum atomic E-state index is -1.13. The summed E-state index contributed by atoms with van der Waals surface area (Å²) in [4.78, 5) is 0. The predicted molar refractivity (Wildman–Crippen MR) is 100 cm³/mol. The van der Waals surface area contributed by atoms with Crippen molar-refractivity contribution in [2.24, 2.45) is 0 Å². The van der Waals surface area contributed by atoms with Gasteiger partial charge in [-0.05, 0) is 37.0 Å². The monoisotopic (exact) mass is 384 g/mol. The lowest BCUT2D eigenvalue weighted by atomic mass is 9.99. The molecule has 0 saturated heterocycles. The fourth-order valence-electron chi connectivity index (χ4n) is 2.73. The van der Waals surface area contributed by atoms with Crippen molar-refractivity contribution in [3.05, 3.63) is 52.3 Å². The van der Waals surface area contributed by atoms with Gasteiger partial charge in [0.25, 0.3) is 0 Å². The van der Waals surface area contributed by atoms with E-state index < -0.39 is 17.5 Å². The molecule has 2 rings (SSSR count). The zero-order valence-electron chi connectivity index (χ0n) is 15.2. The first-order chi connectivity index (χ1) is 12.5. The van der Waals surface area contributed by atoms with E-state index in [1.807, 2.05) is 6.92 Å². The summed E-state index contributed by atoms with van der Waals surface area (Å²) in [6.45, 7) is 4.36. The Balaban J connectivity index is 2.30. The van der Waals surface area contributed by atoms with E-state index in [4.69, 9.17) is 16.3 Å². The predicted octanol–water partition coefficient (Wildman–Crippen LogP) is 7.34. The van der Waals surface area contributed by atoms with Crippen LogP contribution in [0, 0.1) is 17.5 Å². The second-order valence-corrected chi connectivity index (χ2v) is 6.68. The van der Waals surface area contributed by atoms with Crippen molar-refractivity contribution < 1.29 is 17.9 Å². The average Bonchev–Trinajstić information content (AvgIpc) is 2.63. The summed E-state index contributed by atoms with van der Waals surface area (Å²) in [5.41, 5.74) is 0.470. The molecule has 0 aliphatic carbocycles. The second-order valence-electron chi connectivity index (χ2n) is 6.30. The maximum absolute atomic E-state index is 14.7. The number of rotatable bonds is 9. The van der Waals surface area contributed by atoms with Gasteiger partial charge in [0.15, 0.2) is 11.6 Å². The topological polar surface area (TPSA) is 9.23 Å². The van der Waals surface area contributed by atoms with Crippen LogP contribution < -0.4 is 4.74 Å². The molecule has 0 bridgehead atoms. The van der Waals surface area contributed by atoms with Crippen molar-refractivity contribution >= 4 is 11.6 Å². The van der Waals surface area contributed by atoms with Gasteiger partial charge in [0.1, 0.15) is 5.82 Å². The minimum Gasteiger partial charge on any atom is -0.490 e. The Morgan fingerprint density at radius 3 is 2.15 bits per heavy atom. The van der Waals surface area contributed by atoms with E-state index in [1.165, 1.54) is 18.2 Å². The quantitative estimate of drug-likeness (QED) is 0.411. The number of benzene rings is 2. The van der Waals surface area contributed by atoms with Gasteiger partial charge >= 0.3 is 0 Å². The molecule has 142 valence electrons. The summed E-state index contributed by atoms with van der Waals surface area (Å²) in [5.74, 6) is -3.13. The van der Waals surface area contributed by atoms with E-state index in [0.717, 1.165) is 32.1 Å². The molecule has 0 spiro atoms. The van der Waals surface area contributed by atoms with Crippen molar-refractivity contribution in [1.29, 1.82) is 0 Å². The molecule has 5 heteroatoms. The molecule has 2 aromatic rings. The first-order valence-corrected chi connectivity index (χ1v) is 9.47. The summed E-state index contributed by atoms with van der Waals surface area (Å²) >= 11 is 6.12. The molecule has 0 fully saturated rings. The highest BCUT2D eigenvalue weighted by Gasteiger charge is 2.20. The average molecular weight is 385 g/mol. The van der Waals surface area contributed by atoms with Crippen molar-refractivity contribution in [2.75, 3.05) is 6.61 Å². The SMILES string of the molecule is CCCCCc1ccc(-c2ccc(OCCCC)c(F)c2F)c(F)c1Cl. The summed E-state index contributed by atoms with van der Waals surface area (Å²) in [5, 5.41) is -0.0262. The highest BCUT2D eigenvalue weighted by atomic mass is 35.5. The Morgan fingerprint density at radius 1 is 0.808 bits per heavy atom. The Hall–Kier alpha value is -1.68. The number of unbranched alkanes of at least 4 members (excludes halogenated alkanes) is 3. The third kappa shape index (κ3) is 4.73. The lowest BCUT2D eigenvalue weighted by Gasteiger charge is -2.13. The molecule has 2 aromatic carbocycles. The van der Waals surface area contributed by atoms with Gasteiger partial charge in [-0.2, -0.15) is 4.39 Å². The summed E-state index contributed by atoms with van der Waals surface area (Å²) < 4.78 is 48.6. The van der Waals surface area contributed by atoms with Gasteiger partial charge in [-0.3, -0.25) is 0 Å². The van der Waals surface area contributed by atoms with Crippen molar-refractivity contribution in [2.45, 2.75) is 52.4 Å². The van der Waals surface area contributed by atoms with Gasteiger partial charge in [0.2, 0.25) is 5.82 Å². The lowest BCUT2D eigenvalue weighted by Crippen LogP contribution is -2.02. The molecule has 0 aromatic heterocycles. The number of halogens is 4. The minimum absolute atomic E-state index is 0.0262. The van der Waals surface area contributed by atoms with Gasteiger partial charge in [0, 0.05) is 11.1 Å². The molecule has 0 aliphatic heterocycles. The molecule has 26 heavy (non-hydrogen) atoms. The Kier molecular flexibility index (Phi) is 7.83. The summed E-state index contributed by atoms with van der Waals surface area (Å²) in [6, 6.07) is 5.79. The fraction of sp³-hybridized carbons (Fsp3) is 0.429. The van der Waals surface area contributed by atoms with Crippen LogP contribution in [0.4, 0.5) is 13.2 Å². The standard InChI is InChI=1S/C21H24ClF3O/c1-3-5-7-8-14-9-10-15(19(23)18(14)22)16-11-12-17(21(25)20(16)24)26-13-6-4-2/h9-12H,3-8,13H2,1-2H3. The first kappa shape index (κ1) is 20.6. The van der Waals surface area contributed by atoms with E-state index in [0.29, 0.717) is 18.6 Å². The number of ether oxygens (including phenoxy) is 1. The highest BCUT2D eigenvalue weighted by molar-refractivity contribution is 6.31. The molecule has 0 heterocycles. The van der Waals surface area contributed by atoms with E-state index >= 15 is 0 Å². The van der Waals surface area contributed by atoms with Crippen LogP contribution in [0.3, 0.4) is 0 Å². The second kappa shape index (κ2) is 9.86. The maximum atomic E-state index is 14.7.